The molecular weight excluding hydrogens is 614 g/mol. The first-order valence-electron chi connectivity index (χ1n) is 18.1. The highest BCUT2D eigenvalue weighted by molar-refractivity contribution is 6.00. The van der Waals surface area contributed by atoms with Crippen molar-refractivity contribution in [3.05, 3.63) is 108 Å². The second-order valence-corrected chi connectivity index (χ2v) is 13.9. The van der Waals surface area contributed by atoms with Crippen LogP contribution in [0, 0.1) is 0 Å². The third-order valence-corrected chi connectivity index (χ3v) is 10.6. The van der Waals surface area contributed by atoms with Crippen molar-refractivity contribution in [2.75, 3.05) is 32.7 Å². The maximum absolute atomic E-state index is 14.8. The van der Waals surface area contributed by atoms with Crippen molar-refractivity contribution in [2.45, 2.75) is 88.7 Å². The van der Waals surface area contributed by atoms with E-state index in [1.807, 2.05) is 54.3 Å². The zero-order valence-corrected chi connectivity index (χ0v) is 28.8. The number of piperidine rings is 2. The standard InChI is InChI=1S/C40H51N5O4/c1-2-12-35(41-39(48)49-30-33-17-10-5-11-18-33)36-37(46)45(34-20-25-44(26-21-34)29-32-15-8-4-9-16-32)40(38(47)42-36)22-27-43(28-23-40)24-19-31-13-6-3-7-14-31/h3-11,13-18,34-36H,2,12,19-30H2,1H3,(H,41,48)(H,42,47)/t35-,36-/m0/s1. The van der Waals surface area contributed by atoms with E-state index in [2.05, 4.69) is 69.0 Å². The van der Waals surface area contributed by atoms with Gasteiger partial charge in [-0.1, -0.05) is 104 Å². The molecule has 0 saturated carbocycles. The van der Waals surface area contributed by atoms with Crippen LogP contribution in [0.2, 0.25) is 0 Å². The van der Waals surface area contributed by atoms with E-state index in [4.69, 9.17) is 4.74 Å². The quantitative estimate of drug-likeness (QED) is 0.278. The molecule has 3 fully saturated rings. The molecule has 2 atom stereocenters. The Balaban J connectivity index is 1.17. The van der Waals surface area contributed by atoms with Crippen molar-refractivity contribution in [3.63, 3.8) is 0 Å². The SMILES string of the molecule is CCC[C@H](NC(=O)OCc1ccccc1)[C@@H]1NC(=O)C2(CCN(CCc3ccccc3)CC2)N(C2CCN(Cc3ccccc3)CC2)C1=O. The number of alkyl carbamates (subject to hydrolysis) is 1. The first kappa shape index (κ1) is 34.6. The van der Waals surface area contributed by atoms with Crippen LogP contribution in [0.25, 0.3) is 0 Å². The predicted molar refractivity (Wildman–Crippen MR) is 191 cm³/mol. The van der Waals surface area contributed by atoms with Gasteiger partial charge in [-0.05, 0) is 55.2 Å². The highest BCUT2D eigenvalue weighted by Gasteiger charge is 2.57. The molecular formula is C40H51N5O4. The molecule has 6 rings (SSSR count). The van der Waals surface area contributed by atoms with Gasteiger partial charge in [-0.2, -0.15) is 0 Å². The Bertz CT molecular complexity index is 1510. The molecule has 2 N–H and O–H groups in total. The molecule has 3 aliphatic heterocycles. The molecule has 9 heteroatoms. The van der Waals surface area contributed by atoms with Gasteiger partial charge in [0.2, 0.25) is 11.8 Å². The summed E-state index contributed by atoms with van der Waals surface area (Å²) in [7, 11) is 0. The average molecular weight is 666 g/mol. The molecule has 9 nitrogen and oxygen atoms in total. The summed E-state index contributed by atoms with van der Waals surface area (Å²) in [6.07, 6.45) is 4.46. The molecule has 0 aromatic heterocycles. The first-order valence-corrected chi connectivity index (χ1v) is 18.1. The lowest BCUT2D eigenvalue weighted by molar-refractivity contribution is -0.167. The van der Waals surface area contributed by atoms with Crippen molar-refractivity contribution >= 4 is 17.9 Å². The molecule has 3 aliphatic rings. The summed E-state index contributed by atoms with van der Waals surface area (Å²) in [5.41, 5.74) is 2.57. The maximum Gasteiger partial charge on any atom is 0.407 e. The number of hydrogen-bond donors (Lipinski definition) is 2. The van der Waals surface area contributed by atoms with Crippen LogP contribution in [0.4, 0.5) is 4.79 Å². The fraction of sp³-hybridized carbons (Fsp3) is 0.475. The van der Waals surface area contributed by atoms with Crippen molar-refractivity contribution in [2.24, 2.45) is 0 Å². The molecule has 3 aromatic rings. The van der Waals surface area contributed by atoms with Gasteiger partial charge in [-0.25, -0.2) is 4.79 Å². The summed E-state index contributed by atoms with van der Waals surface area (Å²) >= 11 is 0. The Kier molecular flexibility index (Phi) is 11.6. The van der Waals surface area contributed by atoms with E-state index in [1.54, 1.807) is 0 Å². The normalized spacial score (nSPS) is 20.9. The Morgan fingerprint density at radius 3 is 2.04 bits per heavy atom. The third-order valence-electron chi connectivity index (χ3n) is 10.6. The fourth-order valence-electron chi connectivity index (χ4n) is 7.88. The van der Waals surface area contributed by atoms with Gasteiger partial charge in [-0.3, -0.25) is 14.5 Å². The van der Waals surface area contributed by atoms with Crippen LogP contribution >= 0.6 is 0 Å². The number of amides is 3. The minimum atomic E-state index is -0.895. The molecule has 1 spiro atoms. The van der Waals surface area contributed by atoms with Gasteiger partial charge in [0, 0.05) is 45.3 Å². The van der Waals surface area contributed by atoms with Crippen LogP contribution < -0.4 is 10.6 Å². The van der Waals surface area contributed by atoms with E-state index < -0.39 is 23.7 Å². The van der Waals surface area contributed by atoms with Crippen LogP contribution in [0.5, 0.6) is 0 Å². The lowest BCUT2D eigenvalue weighted by atomic mass is 9.78. The van der Waals surface area contributed by atoms with E-state index in [0.29, 0.717) is 19.3 Å². The molecule has 0 unspecified atom stereocenters. The van der Waals surface area contributed by atoms with Crippen LogP contribution in [0.3, 0.4) is 0 Å². The molecule has 3 aromatic carbocycles. The van der Waals surface area contributed by atoms with Gasteiger partial charge in [0.1, 0.15) is 18.2 Å². The number of piperazine rings is 1. The van der Waals surface area contributed by atoms with Crippen molar-refractivity contribution in [1.29, 1.82) is 0 Å². The van der Waals surface area contributed by atoms with E-state index >= 15 is 0 Å². The first-order chi connectivity index (χ1) is 23.9. The van der Waals surface area contributed by atoms with Crippen LogP contribution in [-0.4, -0.2) is 89.0 Å². The summed E-state index contributed by atoms with van der Waals surface area (Å²) in [6, 6.07) is 29.0. The van der Waals surface area contributed by atoms with Crippen molar-refractivity contribution in [3.8, 4) is 0 Å². The predicted octanol–water partition coefficient (Wildman–Crippen LogP) is 5.15. The average Bonchev–Trinajstić information content (AvgIpc) is 3.14. The van der Waals surface area contributed by atoms with Crippen LogP contribution in [0.15, 0.2) is 91.0 Å². The van der Waals surface area contributed by atoms with Gasteiger partial charge in [-0.15, -0.1) is 0 Å². The van der Waals surface area contributed by atoms with Gasteiger partial charge in [0.05, 0.1) is 6.04 Å². The number of carbonyl (C=O) groups is 3. The summed E-state index contributed by atoms with van der Waals surface area (Å²) in [6.45, 7) is 7.17. The van der Waals surface area contributed by atoms with Gasteiger partial charge >= 0.3 is 6.09 Å². The number of benzene rings is 3. The van der Waals surface area contributed by atoms with E-state index in [-0.39, 0.29) is 24.5 Å². The van der Waals surface area contributed by atoms with Gasteiger partial charge in [0.25, 0.3) is 0 Å². The number of nitrogens with one attached hydrogen (secondary N) is 2. The highest BCUT2D eigenvalue weighted by atomic mass is 16.5. The molecule has 3 saturated heterocycles. The van der Waals surface area contributed by atoms with Crippen molar-refractivity contribution < 1.29 is 19.1 Å². The second kappa shape index (κ2) is 16.5. The molecule has 260 valence electrons. The number of rotatable bonds is 12. The molecule has 3 amide bonds. The Labute approximate surface area is 291 Å². The van der Waals surface area contributed by atoms with Crippen molar-refractivity contribution in [1.82, 2.24) is 25.3 Å². The number of carbonyl (C=O) groups excluding carboxylic acids is 3. The third kappa shape index (κ3) is 8.51. The summed E-state index contributed by atoms with van der Waals surface area (Å²) in [4.78, 5) is 49.1. The zero-order chi connectivity index (χ0) is 34.1. The van der Waals surface area contributed by atoms with E-state index in [0.717, 1.165) is 70.5 Å². The fourth-order valence-corrected chi connectivity index (χ4v) is 7.88. The lowest BCUT2D eigenvalue weighted by Gasteiger charge is -2.56. The zero-order valence-electron chi connectivity index (χ0n) is 28.8. The van der Waals surface area contributed by atoms with Gasteiger partial charge < -0.3 is 25.2 Å². The number of nitrogens with zero attached hydrogens (tertiary/aromatic N) is 3. The topological polar surface area (TPSA) is 94.2 Å². The Morgan fingerprint density at radius 1 is 0.837 bits per heavy atom. The van der Waals surface area contributed by atoms with Gasteiger partial charge in [0.15, 0.2) is 0 Å². The molecule has 0 aliphatic carbocycles. The summed E-state index contributed by atoms with van der Waals surface area (Å²) in [5, 5.41) is 6.10. The maximum atomic E-state index is 14.8. The molecule has 0 radical (unpaired) electrons. The smallest absolute Gasteiger partial charge is 0.407 e. The molecule has 49 heavy (non-hydrogen) atoms. The number of likely N-dealkylation sites (tertiary alicyclic amines) is 2. The number of hydrogen-bond acceptors (Lipinski definition) is 6. The Hall–Kier alpha value is -4.21. The molecule has 0 bridgehead atoms. The van der Waals surface area contributed by atoms with E-state index in [9.17, 15) is 14.4 Å². The monoisotopic (exact) mass is 665 g/mol. The largest absolute Gasteiger partial charge is 0.445 e. The van der Waals surface area contributed by atoms with E-state index in [1.165, 1.54) is 11.1 Å². The minimum absolute atomic E-state index is 0.0451. The number of ether oxygens (including phenoxy) is 1. The summed E-state index contributed by atoms with van der Waals surface area (Å²) < 4.78 is 5.54. The lowest BCUT2D eigenvalue weighted by Crippen LogP contribution is -2.77. The van der Waals surface area contributed by atoms with Crippen LogP contribution in [0.1, 0.15) is 62.1 Å². The van der Waals surface area contributed by atoms with Crippen LogP contribution in [-0.2, 0) is 33.9 Å². The minimum Gasteiger partial charge on any atom is -0.445 e. The Morgan fingerprint density at radius 2 is 1.43 bits per heavy atom. The summed E-state index contributed by atoms with van der Waals surface area (Å²) in [5.74, 6) is -0.173. The molecule has 3 heterocycles. The second-order valence-electron chi connectivity index (χ2n) is 13.9. The highest BCUT2D eigenvalue weighted by Crippen LogP contribution is 2.38.